The van der Waals surface area contributed by atoms with Gasteiger partial charge in [-0.15, -0.1) is 0 Å². The van der Waals surface area contributed by atoms with Crippen molar-refractivity contribution in [1.29, 1.82) is 0 Å². The van der Waals surface area contributed by atoms with E-state index in [-0.39, 0.29) is 6.04 Å². The molecule has 0 saturated carbocycles. The van der Waals surface area contributed by atoms with Crippen LogP contribution in [-0.4, -0.2) is 35.9 Å². The van der Waals surface area contributed by atoms with Gasteiger partial charge in [0.25, 0.3) is 0 Å². The number of pyridine rings is 1. The Kier molecular flexibility index (Phi) is 4.35. The summed E-state index contributed by atoms with van der Waals surface area (Å²) in [5, 5.41) is 1.32. The van der Waals surface area contributed by atoms with Crippen molar-refractivity contribution >= 4 is 10.9 Å². The third-order valence-electron chi connectivity index (χ3n) is 6.07. The maximum Gasteiger partial charge on any atom is 0.233 e. The van der Waals surface area contributed by atoms with Gasteiger partial charge in [-0.3, -0.25) is 14.5 Å². The Morgan fingerprint density at radius 1 is 0.871 bits per heavy atom. The Morgan fingerprint density at radius 2 is 1.71 bits per heavy atom. The van der Waals surface area contributed by atoms with Crippen molar-refractivity contribution in [2.24, 2.45) is 0 Å². The maximum absolute atomic E-state index is 4.74. The summed E-state index contributed by atoms with van der Waals surface area (Å²) in [6, 6.07) is 20.8. The van der Waals surface area contributed by atoms with Crippen LogP contribution in [0.25, 0.3) is 16.9 Å². The van der Waals surface area contributed by atoms with Crippen LogP contribution in [0.1, 0.15) is 28.7 Å². The second-order valence-electron chi connectivity index (χ2n) is 7.86. The first-order valence-corrected chi connectivity index (χ1v) is 10.6. The Morgan fingerprint density at radius 3 is 2.58 bits per heavy atom. The molecule has 5 aromatic rings. The third-order valence-corrected chi connectivity index (χ3v) is 6.07. The molecule has 0 radical (unpaired) electrons. The predicted octanol–water partition coefficient (Wildman–Crippen LogP) is 4.29. The molecule has 0 bridgehead atoms. The first-order chi connectivity index (χ1) is 15.4. The van der Waals surface area contributed by atoms with Crippen molar-refractivity contribution in [3.8, 4) is 5.95 Å². The van der Waals surface area contributed by atoms with E-state index in [1.165, 1.54) is 22.2 Å². The zero-order chi connectivity index (χ0) is 20.6. The highest BCUT2D eigenvalue weighted by molar-refractivity contribution is 5.85. The van der Waals surface area contributed by atoms with Crippen LogP contribution in [0.3, 0.4) is 0 Å². The predicted molar refractivity (Wildman–Crippen MR) is 120 cm³/mol. The minimum Gasteiger partial charge on any atom is -0.357 e. The van der Waals surface area contributed by atoms with E-state index in [4.69, 9.17) is 4.98 Å². The number of nitrogens with zero attached hydrogens (tertiary/aromatic N) is 5. The van der Waals surface area contributed by atoms with E-state index in [9.17, 15) is 0 Å². The van der Waals surface area contributed by atoms with Gasteiger partial charge < -0.3 is 4.98 Å². The van der Waals surface area contributed by atoms with Gasteiger partial charge in [-0.05, 0) is 48.4 Å². The van der Waals surface area contributed by atoms with Gasteiger partial charge in [0.2, 0.25) is 5.95 Å². The normalized spacial score (nSPS) is 16.5. The first kappa shape index (κ1) is 18.0. The number of aromatic nitrogens is 5. The van der Waals surface area contributed by atoms with E-state index in [1.807, 2.05) is 24.5 Å². The fourth-order valence-electron chi connectivity index (χ4n) is 4.70. The minimum absolute atomic E-state index is 0.0670. The van der Waals surface area contributed by atoms with Crippen molar-refractivity contribution in [3.63, 3.8) is 0 Å². The van der Waals surface area contributed by atoms with Crippen LogP contribution in [0.15, 0.2) is 85.5 Å². The number of para-hydroxylation sites is 1. The smallest absolute Gasteiger partial charge is 0.233 e. The molecule has 1 N–H and O–H groups in total. The third kappa shape index (κ3) is 3.12. The van der Waals surface area contributed by atoms with Crippen molar-refractivity contribution in [2.45, 2.75) is 19.0 Å². The van der Waals surface area contributed by atoms with Crippen LogP contribution in [0.4, 0.5) is 0 Å². The summed E-state index contributed by atoms with van der Waals surface area (Å²) in [4.78, 5) is 19.8. The van der Waals surface area contributed by atoms with Crippen molar-refractivity contribution in [3.05, 3.63) is 108 Å². The lowest BCUT2D eigenvalue weighted by atomic mass is 9.94. The molecule has 1 aliphatic heterocycles. The van der Waals surface area contributed by atoms with Gasteiger partial charge in [0.05, 0.1) is 11.7 Å². The number of H-pyrrole nitrogens is 1. The molecule has 1 aromatic carbocycles. The topological polar surface area (TPSA) is 62.6 Å². The Hall–Kier alpha value is -3.77. The fourth-order valence-corrected chi connectivity index (χ4v) is 4.70. The van der Waals surface area contributed by atoms with E-state index in [0.717, 1.165) is 30.9 Å². The molecule has 0 fully saturated rings. The number of aromatic amines is 1. The molecule has 4 aromatic heterocycles. The fraction of sp³-hybridized carbons (Fsp3) is 0.160. The lowest BCUT2D eigenvalue weighted by Gasteiger charge is -2.35. The van der Waals surface area contributed by atoms with E-state index in [0.29, 0.717) is 5.95 Å². The summed E-state index contributed by atoms with van der Waals surface area (Å²) in [7, 11) is 0. The SMILES string of the molecule is c1ccc(C2c3[nH]c4ccccc4c3CCN2Cc2cccn2-c2ncccn2)nc1. The standard InChI is InChI=1S/C25H22N6/c1-2-9-21-19(8-1)20-11-16-30(24(23(20)29-21)22-10-3-4-12-26-22)17-18-7-5-15-31(18)25-27-13-6-14-28-25/h1-10,12-15,24,29H,11,16-17H2. The molecule has 6 rings (SSSR count). The number of rotatable bonds is 4. The lowest BCUT2D eigenvalue weighted by molar-refractivity contribution is 0.195. The minimum atomic E-state index is 0.0670. The first-order valence-electron chi connectivity index (χ1n) is 10.6. The highest BCUT2D eigenvalue weighted by Gasteiger charge is 2.32. The highest BCUT2D eigenvalue weighted by atomic mass is 15.2. The van der Waals surface area contributed by atoms with Crippen LogP contribution in [0.2, 0.25) is 0 Å². The molecule has 0 aliphatic carbocycles. The molecule has 6 heteroatoms. The van der Waals surface area contributed by atoms with Crippen molar-refractivity contribution in [1.82, 2.24) is 29.4 Å². The van der Waals surface area contributed by atoms with Crippen LogP contribution in [0, 0.1) is 0 Å². The number of benzene rings is 1. The van der Waals surface area contributed by atoms with Gasteiger partial charge in [-0.2, -0.15) is 0 Å². The number of fused-ring (bicyclic) bond motifs is 3. The number of hydrogen-bond acceptors (Lipinski definition) is 4. The molecule has 5 heterocycles. The van der Waals surface area contributed by atoms with Crippen LogP contribution >= 0.6 is 0 Å². The van der Waals surface area contributed by atoms with Crippen LogP contribution < -0.4 is 0 Å². The van der Waals surface area contributed by atoms with Gasteiger partial charge in [0, 0.05) is 60.2 Å². The van der Waals surface area contributed by atoms with Crippen molar-refractivity contribution < 1.29 is 0 Å². The summed E-state index contributed by atoms with van der Waals surface area (Å²) in [6.45, 7) is 1.73. The van der Waals surface area contributed by atoms with Crippen LogP contribution in [-0.2, 0) is 13.0 Å². The Bertz CT molecular complexity index is 1320. The lowest BCUT2D eigenvalue weighted by Crippen LogP contribution is -2.36. The monoisotopic (exact) mass is 406 g/mol. The summed E-state index contributed by atoms with van der Waals surface area (Å²) in [6.07, 6.45) is 8.47. The van der Waals surface area contributed by atoms with Crippen molar-refractivity contribution in [2.75, 3.05) is 6.54 Å². The molecule has 1 unspecified atom stereocenters. The van der Waals surface area contributed by atoms with E-state index in [2.05, 4.69) is 72.9 Å². The summed E-state index contributed by atoms with van der Waals surface area (Å²) in [5.74, 6) is 0.695. The summed E-state index contributed by atoms with van der Waals surface area (Å²) < 4.78 is 2.07. The van der Waals surface area contributed by atoms with E-state index in [1.54, 1.807) is 12.4 Å². The van der Waals surface area contributed by atoms with Gasteiger partial charge >= 0.3 is 0 Å². The van der Waals surface area contributed by atoms with Gasteiger partial charge in [0.15, 0.2) is 0 Å². The summed E-state index contributed by atoms with van der Waals surface area (Å²) >= 11 is 0. The van der Waals surface area contributed by atoms with E-state index >= 15 is 0 Å². The number of nitrogens with one attached hydrogen (secondary N) is 1. The van der Waals surface area contributed by atoms with Gasteiger partial charge in [-0.25, -0.2) is 9.97 Å². The molecule has 1 atom stereocenters. The second-order valence-corrected chi connectivity index (χ2v) is 7.86. The highest BCUT2D eigenvalue weighted by Crippen LogP contribution is 2.38. The zero-order valence-electron chi connectivity index (χ0n) is 17.0. The quantitative estimate of drug-likeness (QED) is 0.484. The molecule has 6 nitrogen and oxygen atoms in total. The Balaban J connectivity index is 1.43. The van der Waals surface area contributed by atoms with Gasteiger partial charge in [-0.1, -0.05) is 24.3 Å². The molecule has 31 heavy (non-hydrogen) atoms. The molecular formula is C25H22N6. The largest absolute Gasteiger partial charge is 0.357 e. The Labute approximate surface area is 180 Å². The van der Waals surface area contributed by atoms with E-state index < -0.39 is 0 Å². The summed E-state index contributed by atoms with van der Waals surface area (Å²) in [5.41, 5.74) is 6.07. The molecular weight excluding hydrogens is 384 g/mol. The molecule has 0 spiro atoms. The zero-order valence-corrected chi connectivity index (χ0v) is 17.0. The molecule has 0 amide bonds. The number of hydrogen-bond donors (Lipinski definition) is 1. The molecule has 0 saturated heterocycles. The molecule has 152 valence electrons. The average molecular weight is 406 g/mol. The van der Waals surface area contributed by atoms with Crippen LogP contribution in [0.5, 0.6) is 0 Å². The second kappa shape index (κ2) is 7.49. The average Bonchev–Trinajstić information content (AvgIpc) is 3.44. The maximum atomic E-state index is 4.74. The van der Waals surface area contributed by atoms with Gasteiger partial charge in [0.1, 0.15) is 0 Å². The molecule has 1 aliphatic rings.